The quantitative estimate of drug-likeness (QED) is 0.303. The van der Waals surface area contributed by atoms with Crippen molar-refractivity contribution in [3.8, 4) is 11.5 Å². The molecule has 0 unspecified atom stereocenters. The molecule has 28 heavy (non-hydrogen) atoms. The first-order chi connectivity index (χ1) is 13.0. The minimum atomic E-state index is -1.46. The summed E-state index contributed by atoms with van der Waals surface area (Å²) >= 11 is 0. The van der Waals surface area contributed by atoms with Gasteiger partial charge in [0.15, 0.2) is 24.4 Å². The third kappa shape index (κ3) is 6.14. The van der Waals surface area contributed by atoms with Crippen molar-refractivity contribution in [1.29, 1.82) is 0 Å². The molecule has 2 rings (SSSR count). The molecule has 0 aliphatic heterocycles. The van der Waals surface area contributed by atoms with Crippen molar-refractivity contribution < 1.29 is 34.3 Å². The van der Waals surface area contributed by atoms with E-state index >= 15 is 0 Å². The van der Waals surface area contributed by atoms with Gasteiger partial charge in [-0.1, -0.05) is 6.07 Å². The Morgan fingerprint density at radius 2 is 1.54 bits per heavy atom. The van der Waals surface area contributed by atoms with Crippen LogP contribution in [0.2, 0.25) is 0 Å². The summed E-state index contributed by atoms with van der Waals surface area (Å²) in [6, 6.07) is 3.86. The highest BCUT2D eigenvalue weighted by Gasteiger charge is 2.24. The van der Waals surface area contributed by atoms with Crippen LogP contribution < -0.4 is 14.8 Å². The van der Waals surface area contributed by atoms with Gasteiger partial charge in [0.25, 0.3) is 17.1 Å². The van der Waals surface area contributed by atoms with E-state index in [0.717, 1.165) is 0 Å². The first-order valence-corrected chi connectivity index (χ1v) is 7.17. The van der Waals surface area contributed by atoms with E-state index in [1.807, 2.05) is 0 Å². The van der Waals surface area contributed by atoms with Crippen molar-refractivity contribution in [3.05, 3.63) is 73.1 Å². The number of rotatable bonds is 5. The van der Waals surface area contributed by atoms with Crippen LogP contribution in [0.1, 0.15) is 6.92 Å². The summed E-state index contributed by atoms with van der Waals surface area (Å²) in [7, 11) is 0. The molecule has 0 saturated carbocycles. The van der Waals surface area contributed by atoms with E-state index < -0.39 is 37.6 Å². The number of carbonyl (C=O) groups excluding carboxylic acids is 1. The molecule has 0 saturated heterocycles. The zero-order valence-electron chi connectivity index (χ0n) is 14.1. The van der Waals surface area contributed by atoms with Crippen LogP contribution >= 0.6 is 0 Å². The molecule has 0 N–H and O–H groups in total. The van der Waals surface area contributed by atoms with E-state index in [1.165, 1.54) is 25.3 Å². The summed E-state index contributed by atoms with van der Waals surface area (Å²) in [6.07, 6.45) is 6.05. The normalized spacial score (nSPS) is 10.0. The van der Waals surface area contributed by atoms with E-state index in [1.54, 1.807) is 23.0 Å². The topological polar surface area (TPSA) is 196 Å². The molecule has 13 nitrogen and oxygen atoms in total. The second-order valence-corrected chi connectivity index (χ2v) is 5.00. The maximum absolute atomic E-state index is 11.1. The van der Waals surface area contributed by atoms with Crippen LogP contribution in [0.5, 0.6) is 11.5 Å². The number of nitro benzene ring substituents is 3. The Bertz CT molecular complexity index is 937. The number of nitro groups is 3. The second-order valence-electron chi connectivity index (χ2n) is 5.00. The van der Waals surface area contributed by atoms with Crippen LogP contribution in [0.15, 0.2) is 42.7 Å². The molecule has 0 radical (unpaired) electrons. The Kier molecular flexibility index (Phi) is 7.20. The predicted molar refractivity (Wildman–Crippen MR) is 87.9 cm³/mol. The first-order valence-electron chi connectivity index (χ1n) is 7.17. The molecule has 1 aromatic heterocycles. The summed E-state index contributed by atoms with van der Waals surface area (Å²) in [6.45, 7) is 1.46. The van der Waals surface area contributed by atoms with Gasteiger partial charge in [0.05, 0.1) is 32.7 Å². The van der Waals surface area contributed by atoms with Gasteiger partial charge in [-0.2, -0.15) is 4.57 Å². The van der Waals surface area contributed by atoms with Crippen LogP contribution in [-0.4, -0.2) is 20.6 Å². The predicted octanol–water partition coefficient (Wildman–Crippen LogP) is 0.592. The third-order valence-electron chi connectivity index (χ3n) is 2.92. The lowest BCUT2D eigenvalue weighted by Crippen LogP contribution is -2.25. The molecule has 0 aliphatic rings. The molecule has 146 valence electrons. The number of hydrogen-bond acceptors (Lipinski definition) is 9. The largest absolute Gasteiger partial charge is 0.868 e. The molecular formula is C15H11N4O9-. The number of aromatic nitrogens is 1. The number of pyridine rings is 1. The highest BCUT2D eigenvalue weighted by molar-refractivity contribution is 5.89. The number of nitrogens with zero attached hydrogens (tertiary/aromatic N) is 4. The molecule has 1 aromatic carbocycles. The number of benzene rings is 1. The zero-order valence-corrected chi connectivity index (χ0v) is 14.1. The summed E-state index contributed by atoms with van der Waals surface area (Å²) in [4.78, 5) is 38.0. The van der Waals surface area contributed by atoms with Gasteiger partial charge < -0.3 is 10.2 Å². The van der Waals surface area contributed by atoms with Gasteiger partial charge in [0.2, 0.25) is 0 Å². The minimum Gasteiger partial charge on any atom is -0.868 e. The monoisotopic (exact) mass is 391 g/mol. The van der Waals surface area contributed by atoms with Crippen molar-refractivity contribution in [1.82, 2.24) is 0 Å². The smallest absolute Gasteiger partial charge is 0.283 e. The van der Waals surface area contributed by atoms with E-state index in [4.69, 9.17) is 0 Å². The molecule has 0 spiro atoms. The van der Waals surface area contributed by atoms with Gasteiger partial charge in [-0.05, 0) is 12.7 Å². The van der Waals surface area contributed by atoms with Gasteiger partial charge in [-0.3, -0.25) is 35.1 Å². The van der Waals surface area contributed by atoms with Crippen LogP contribution in [-0.2, 0) is 4.79 Å². The lowest BCUT2D eigenvalue weighted by Gasteiger charge is -2.06. The Morgan fingerprint density at radius 1 is 1.00 bits per heavy atom. The van der Waals surface area contributed by atoms with E-state index in [9.17, 15) is 45.4 Å². The van der Waals surface area contributed by atoms with Gasteiger partial charge in [0, 0.05) is 12.1 Å². The van der Waals surface area contributed by atoms with Crippen molar-refractivity contribution in [2.45, 2.75) is 6.92 Å². The lowest BCUT2D eigenvalue weighted by molar-refractivity contribution is -0.572. The number of carbonyl (C=O) groups is 1. The number of allylic oxidation sites excluding steroid dienone is 1. The minimum absolute atomic E-state index is 0.0428. The van der Waals surface area contributed by atoms with Crippen LogP contribution in [0.25, 0.3) is 6.20 Å². The molecule has 0 bridgehead atoms. The Hall–Kier alpha value is -4.42. The van der Waals surface area contributed by atoms with Gasteiger partial charge in [-0.15, -0.1) is 0 Å². The molecule has 0 atom stereocenters. The van der Waals surface area contributed by atoms with Crippen LogP contribution in [0, 0.1) is 30.3 Å². The van der Waals surface area contributed by atoms with Crippen LogP contribution in [0.3, 0.4) is 0 Å². The van der Waals surface area contributed by atoms with Gasteiger partial charge >= 0.3 is 0 Å². The molecule has 2 aromatic rings. The highest BCUT2D eigenvalue weighted by Crippen LogP contribution is 2.36. The highest BCUT2D eigenvalue weighted by atomic mass is 16.6. The number of non-ortho nitro benzene ring substituents is 1. The van der Waals surface area contributed by atoms with Gasteiger partial charge in [0.1, 0.15) is 0 Å². The van der Waals surface area contributed by atoms with E-state index in [2.05, 4.69) is 0 Å². The standard InChI is InChI=1S/C9H9NO2.C6H3N3O7/c1-8(11)4-6-10-5-2-3-9(12)7-10;10-6-4(8(13)14)1-3(7(11)12)2-5(6)9(15)16/h2-7H,1H3;1-2,10H/p-1/b6-4+;. The summed E-state index contributed by atoms with van der Waals surface area (Å²) < 4.78 is 1.55. The van der Waals surface area contributed by atoms with E-state index in [-0.39, 0.29) is 11.5 Å². The second kappa shape index (κ2) is 9.33. The Balaban J connectivity index is 0.000000292. The summed E-state index contributed by atoms with van der Waals surface area (Å²) in [5.74, 6) is -1.58. The zero-order chi connectivity index (χ0) is 21.4. The van der Waals surface area contributed by atoms with Crippen molar-refractivity contribution in [2.75, 3.05) is 0 Å². The Labute approximate surface area is 155 Å². The number of hydrogen-bond donors (Lipinski definition) is 0. The molecule has 1 heterocycles. The summed E-state index contributed by atoms with van der Waals surface area (Å²) in [5.41, 5.74) is -3.26. The fraction of sp³-hybridized carbons (Fsp3) is 0.0667. The molecule has 0 fully saturated rings. The summed E-state index contributed by atoms with van der Waals surface area (Å²) in [5, 5.41) is 52.9. The lowest BCUT2D eigenvalue weighted by atomic mass is 10.2. The molecular weight excluding hydrogens is 380 g/mol. The van der Waals surface area contributed by atoms with Crippen molar-refractivity contribution in [3.63, 3.8) is 0 Å². The Morgan fingerprint density at radius 3 is 1.93 bits per heavy atom. The maximum Gasteiger partial charge on any atom is 0.283 e. The van der Waals surface area contributed by atoms with Crippen molar-refractivity contribution in [2.24, 2.45) is 0 Å². The first kappa shape index (κ1) is 21.6. The maximum atomic E-state index is 11.1. The third-order valence-corrected chi connectivity index (χ3v) is 2.92. The molecule has 0 amide bonds. The fourth-order valence-corrected chi connectivity index (χ4v) is 1.71. The van der Waals surface area contributed by atoms with Gasteiger partial charge in [-0.25, -0.2) is 0 Å². The number of ketones is 1. The fourth-order valence-electron chi connectivity index (χ4n) is 1.71. The van der Waals surface area contributed by atoms with Crippen molar-refractivity contribution >= 4 is 29.0 Å². The SMILES string of the molecule is CC(=O)/C=C/[n+]1cccc([O-])c1.O=[N+]([O-])c1cc([N+](=O)[O-])c([O-])c([N+](=O)[O-])c1. The van der Waals surface area contributed by atoms with Crippen LogP contribution in [0.4, 0.5) is 17.1 Å². The average Bonchev–Trinajstić information content (AvgIpc) is 2.60. The molecule has 0 aliphatic carbocycles. The van der Waals surface area contributed by atoms with E-state index in [0.29, 0.717) is 12.1 Å². The molecule has 13 heteroatoms. The average molecular weight is 391 g/mol.